The van der Waals surface area contributed by atoms with Gasteiger partial charge in [-0.15, -0.1) is 0 Å². The van der Waals surface area contributed by atoms with Gasteiger partial charge in [0.2, 0.25) is 5.78 Å². The van der Waals surface area contributed by atoms with Gasteiger partial charge >= 0.3 is 5.97 Å². The van der Waals surface area contributed by atoms with E-state index >= 15 is 0 Å². The SMILES string of the molecule is CCOC(=O)c1cnc(-c2ccccc2)nc1C(=O)c1cccc([N+](=O)[O-])c1. The fourth-order valence-corrected chi connectivity index (χ4v) is 2.54. The minimum atomic E-state index is -0.740. The van der Waals surface area contributed by atoms with E-state index in [1.807, 2.05) is 6.07 Å². The molecule has 0 spiro atoms. The van der Waals surface area contributed by atoms with Crippen LogP contribution < -0.4 is 0 Å². The molecule has 0 radical (unpaired) electrons. The number of esters is 1. The van der Waals surface area contributed by atoms with Crippen molar-refractivity contribution in [3.05, 3.63) is 87.7 Å². The van der Waals surface area contributed by atoms with Crippen LogP contribution >= 0.6 is 0 Å². The molecule has 0 aliphatic rings. The van der Waals surface area contributed by atoms with Crippen LogP contribution in [0.4, 0.5) is 5.69 Å². The third kappa shape index (κ3) is 3.90. The Bertz CT molecular complexity index is 1050. The number of hydrogen-bond donors (Lipinski definition) is 0. The molecule has 0 aliphatic heterocycles. The molecule has 0 N–H and O–H groups in total. The second-order valence-corrected chi connectivity index (χ2v) is 5.68. The molecule has 0 aliphatic carbocycles. The van der Waals surface area contributed by atoms with Crippen molar-refractivity contribution < 1.29 is 19.2 Å². The normalized spacial score (nSPS) is 10.3. The Morgan fingerprint density at radius 3 is 2.54 bits per heavy atom. The molecule has 0 bridgehead atoms. The molecule has 1 heterocycles. The van der Waals surface area contributed by atoms with E-state index in [0.29, 0.717) is 5.56 Å². The van der Waals surface area contributed by atoms with Crippen LogP contribution in [-0.4, -0.2) is 33.3 Å². The van der Waals surface area contributed by atoms with E-state index in [1.165, 1.54) is 24.4 Å². The molecule has 1 aromatic heterocycles. The van der Waals surface area contributed by atoms with Gasteiger partial charge in [-0.05, 0) is 6.92 Å². The molecule has 3 aromatic rings. The summed E-state index contributed by atoms with van der Waals surface area (Å²) in [6, 6.07) is 14.2. The second-order valence-electron chi connectivity index (χ2n) is 5.68. The maximum absolute atomic E-state index is 13.0. The number of benzene rings is 2. The van der Waals surface area contributed by atoms with E-state index < -0.39 is 16.7 Å². The van der Waals surface area contributed by atoms with Gasteiger partial charge in [-0.2, -0.15) is 0 Å². The summed E-state index contributed by atoms with van der Waals surface area (Å²) in [6.45, 7) is 1.75. The Morgan fingerprint density at radius 1 is 1.11 bits per heavy atom. The Kier molecular flexibility index (Phi) is 5.50. The van der Waals surface area contributed by atoms with Gasteiger partial charge in [0.1, 0.15) is 11.3 Å². The van der Waals surface area contributed by atoms with Gasteiger partial charge in [-0.3, -0.25) is 14.9 Å². The van der Waals surface area contributed by atoms with Crippen LogP contribution in [0.15, 0.2) is 60.8 Å². The summed E-state index contributed by atoms with van der Waals surface area (Å²) >= 11 is 0. The number of nitro groups is 1. The molecule has 0 unspecified atom stereocenters. The largest absolute Gasteiger partial charge is 0.462 e. The summed E-state index contributed by atoms with van der Waals surface area (Å²) < 4.78 is 4.98. The van der Waals surface area contributed by atoms with E-state index in [-0.39, 0.29) is 34.9 Å². The first kappa shape index (κ1) is 18.8. The van der Waals surface area contributed by atoms with Crippen LogP contribution in [-0.2, 0) is 4.74 Å². The number of hydrogen-bond acceptors (Lipinski definition) is 7. The molecule has 8 heteroatoms. The van der Waals surface area contributed by atoms with Gasteiger partial charge in [-0.25, -0.2) is 14.8 Å². The first-order valence-electron chi connectivity index (χ1n) is 8.40. The Morgan fingerprint density at radius 2 is 1.86 bits per heavy atom. The topological polar surface area (TPSA) is 112 Å². The zero-order valence-corrected chi connectivity index (χ0v) is 14.9. The van der Waals surface area contributed by atoms with E-state index in [1.54, 1.807) is 31.2 Å². The average Bonchev–Trinajstić information content (AvgIpc) is 2.73. The van der Waals surface area contributed by atoms with Crippen LogP contribution in [0, 0.1) is 10.1 Å². The average molecular weight is 377 g/mol. The van der Waals surface area contributed by atoms with Gasteiger partial charge in [0.15, 0.2) is 5.82 Å². The lowest BCUT2D eigenvalue weighted by atomic mass is 10.0. The van der Waals surface area contributed by atoms with Crippen molar-refractivity contribution in [2.24, 2.45) is 0 Å². The maximum Gasteiger partial charge on any atom is 0.342 e. The molecule has 0 fully saturated rings. The first-order valence-corrected chi connectivity index (χ1v) is 8.40. The van der Waals surface area contributed by atoms with Crippen molar-refractivity contribution in [1.29, 1.82) is 0 Å². The van der Waals surface area contributed by atoms with E-state index in [9.17, 15) is 19.7 Å². The van der Waals surface area contributed by atoms with Crippen LogP contribution in [0.3, 0.4) is 0 Å². The molecule has 3 rings (SSSR count). The summed E-state index contributed by atoms with van der Waals surface area (Å²) in [6.07, 6.45) is 1.23. The summed E-state index contributed by atoms with van der Waals surface area (Å²) in [5.74, 6) is -1.12. The Labute approximate surface area is 160 Å². The fraction of sp³-hybridized carbons (Fsp3) is 0.100. The number of non-ortho nitro benzene ring substituents is 1. The zero-order valence-electron chi connectivity index (χ0n) is 14.9. The highest BCUT2D eigenvalue weighted by atomic mass is 16.6. The quantitative estimate of drug-likeness (QED) is 0.280. The second kappa shape index (κ2) is 8.17. The lowest BCUT2D eigenvalue weighted by Gasteiger charge is -2.09. The number of carbonyl (C=O) groups excluding carboxylic acids is 2. The van der Waals surface area contributed by atoms with Crippen molar-refractivity contribution in [2.75, 3.05) is 6.61 Å². The number of nitrogens with zero attached hydrogens (tertiary/aromatic N) is 3. The molecule has 28 heavy (non-hydrogen) atoms. The van der Waals surface area contributed by atoms with Gasteiger partial charge < -0.3 is 4.74 Å². The Balaban J connectivity index is 2.12. The maximum atomic E-state index is 13.0. The van der Waals surface area contributed by atoms with E-state index in [0.717, 1.165) is 6.07 Å². The van der Waals surface area contributed by atoms with Gasteiger partial charge in [0, 0.05) is 29.5 Å². The summed E-state index contributed by atoms with van der Waals surface area (Å²) in [4.78, 5) is 44.1. The van der Waals surface area contributed by atoms with Crippen LogP contribution in [0.25, 0.3) is 11.4 Å². The number of ketones is 1. The van der Waals surface area contributed by atoms with Crippen LogP contribution in [0.1, 0.15) is 33.3 Å². The van der Waals surface area contributed by atoms with Gasteiger partial charge in [0.05, 0.1) is 11.5 Å². The van der Waals surface area contributed by atoms with Gasteiger partial charge in [0.25, 0.3) is 5.69 Å². The summed E-state index contributed by atoms with van der Waals surface area (Å²) in [5, 5.41) is 11.0. The van der Waals surface area contributed by atoms with Crippen LogP contribution in [0.2, 0.25) is 0 Å². The highest BCUT2D eigenvalue weighted by Crippen LogP contribution is 2.21. The van der Waals surface area contributed by atoms with Crippen molar-refractivity contribution in [2.45, 2.75) is 6.92 Å². The van der Waals surface area contributed by atoms with Crippen molar-refractivity contribution in [3.8, 4) is 11.4 Å². The number of aromatic nitrogens is 2. The van der Waals surface area contributed by atoms with Crippen LogP contribution in [0.5, 0.6) is 0 Å². The van der Waals surface area contributed by atoms with Gasteiger partial charge in [-0.1, -0.05) is 42.5 Å². The minimum absolute atomic E-state index is 0.0393. The highest BCUT2D eigenvalue weighted by Gasteiger charge is 2.24. The van der Waals surface area contributed by atoms with E-state index in [2.05, 4.69) is 9.97 Å². The third-order valence-corrected chi connectivity index (χ3v) is 3.85. The number of carbonyl (C=O) groups is 2. The molecular weight excluding hydrogens is 362 g/mol. The predicted octanol–water partition coefficient (Wildman–Crippen LogP) is 3.46. The van der Waals surface area contributed by atoms with Crippen molar-refractivity contribution in [3.63, 3.8) is 0 Å². The summed E-state index contributed by atoms with van der Waals surface area (Å²) in [7, 11) is 0. The molecule has 140 valence electrons. The Hall–Kier alpha value is -3.94. The first-order chi connectivity index (χ1) is 13.5. The fourth-order valence-electron chi connectivity index (χ4n) is 2.54. The lowest BCUT2D eigenvalue weighted by Crippen LogP contribution is -2.16. The number of nitro benzene ring substituents is 1. The third-order valence-electron chi connectivity index (χ3n) is 3.85. The number of ether oxygens (including phenoxy) is 1. The zero-order chi connectivity index (χ0) is 20.1. The molecule has 0 atom stereocenters. The molecular formula is C20H15N3O5. The van der Waals surface area contributed by atoms with Crippen molar-refractivity contribution in [1.82, 2.24) is 9.97 Å². The highest BCUT2D eigenvalue weighted by molar-refractivity contribution is 6.13. The molecule has 0 saturated heterocycles. The standard InChI is InChI=1S/C20H15N3O5/c1-2-28-20(25)16-12-21-19(13-7-4-3-5-8-13)22-17(16)18(24)14-9-6-10-15(11-14)23(26)27/h3-12H,2H2,1H3. The molecule has 0 amide bonds. The molecule has 2 aromatic carbocycles. The monoisotopic (exact) mass is 377 g/mol. The minimum Gasteiger partial charge on any atom is -0.462 e. The number of rotatable bonds is 6. The molecule has 8 nitrogen and oxygen atoms in total. The lowest BCUT2D eigenvalue weighted by molar-refractivity contribution is -0.384. The van der Waals surface area contributed by atoms with Crippen molar-refractivity contribution >= 4 is 17.4 Å². The molecule has 0 saturated carbocycles. The summed E-state index contributed by atoms with van der Waals surface area (Å²) in [5.41, 5.74) is 0.190. The smallest absolute Gasteiger partial charge is 0.342 e. The predicted molar refractivity (Wildman–Crippen MR) is 100.0 cm³/mol. The van der Waals surface area contributed by atoms with E-state index in [4.69, 9.17) is 4.74 Å².